The van der Waals surface area contributed by atoms with Crippen molar-refractivity contribution in [2.45, 2.75) is 12.5 Å². The van der Waals surface area contributed by atoms with Crippen LogP contribution in [0.5, 0.6) is 11.5 Å². The quantitative estimate of drug-likeness (QED) is 0.284. The summed E-state index contributed by atoms with van der Waals surface area (Å²) >= 11 is 0. The second kappa shape index (κ2) is 7.11. The Morgan fingerprint density at radius 2 is 1.57 bits per heavy atom. The minimum Gasteiger partial charge on any atom is -0.507 e. The fourth-order valence-electron chi connectivity index (χ4n) is 6.23. The van der Waals surface area contributed by atoms with Gasteiger partial charge in [-0.3, -0.25) is 0 Å². The molecule has 7 rings (SSSR count). The van der Waals surface area contributed by atoms with E-state index in [-0.39, 0.29) is 22.6 Å². The summed E-state index contributed by atoms with van der Waals surface area (Å²) in [5, 5.41) is 25.7. The average Bonchev–Trinajstić information content (AvgIpc) is 3.21. The Kier molecular flexibility index (Phi) is 4.12. The van der Waals surface area contributed by atoms with E-state index in [0.29, 0.717) is 44.2 Å². The molecule has 1 aliphatic heterocycles. The lowest BCUT2D eigenvalue weighted by molar-refractivity contribution is 0.0139. The number of phenolic OH excluding ortho intramolecular Hbond substituents is 2. The number of hydrogen-bond donors (Lipinski definition) is 2. The molecule has 0 bridgehead atoms. The molecule has 0 fully saturated rings. The Hall–Kier alpha value is -4.84. The highest BCUT2D eigenvalue weighted by atomic mass is 16.6. The number of methoxy groups -OCH3 is 1. The molecule has 0 aromatic heterocycles. The van der Waals surface area contributed by atoms with Crippen LogP contribution in [0.2, 0.25) is 0 Å². The van der Waals surface area contributed by atoms with Gasteiger partial charge in [-0.2, -0.15) is 0 Å². The molecule has 1 heterocycles. The molecule has 1 unspecified atom stereocenters. The molecule has 5 aromatic rings. The molecule has 0 amide bonds. The molecule has 6 heteroatoms. The normalized spacial score (nSPS) is 17.1. The van der Waals surface area contributed by atoms with E-state index in [0.717, 1.165) is 10.8 Å². The third-order valence-corrected chi connectivity index (χ3v) is 7.74. The first-order chi connectivity index (χ1) is 17.9. The summed E-state index contributed by atoms with van der Waals surface area (Å²) < 4.78 is 11.4. The molecule has 6 nitrogen and oxygen atoms in total. The lowest BCUT2D eigenvalue weighted by atomic mass is 9.76. The second-order valence-corrected chi connectivity index (χ2v) is 9.43. The van der Waals surface area contributed by atoms with Gasteiger partial charge in [-0.15, -0.1) is 0 Å². The van der Waals surface area contributed by atoms with E-state index in [1.165, 1.54) is 13.2 Å². The summed E-state index contributed by atoms with van der Waals surface area (Å²) in [5.41, 5.74) is 2.22. The first kappa shape index (κ1) is 21.4. The Labute approximate surface area is 211 Å². The fraction of sp³-hybridized carbons (Fsp3) is 0.0968. The number of carbonyl (C=O) groups excluding carboxylic acids is 2. The average molecular weight is 488 g/mol. The summed E-state index contributed by atoms with van der Waals surface area (Å²) in [4.78, 5) is 26.3. The number of carbonyl (C=O) groups is 2. The van der Waals surface area contributed by atoms with Gasteiger partial charge in [0.2, 0.25) is 0 Å². The largest absolute Gasteiger partial charge is 0.507 e. The molecule has 1 spiro atoms. The van der Waals surface area contributed by atoms with Gasteiger partial charge in [-0.05, 0) is 46.5 Å². The molecule has 1 atom stereocenters. The van der Waals surface area contributed by atoms with Gasteiger partial charge in [0.25, 0.3) is 0 Å². The van der Waals surface area contributed by atoms with E-state index in [2.05, 4.69) is 0 Å². The van der Waals surface area contributed by atoms with E-state index in [1.54, 1.807) is 19.1 Å². The lowest BCUT2D eigenvalue weighted by Crippen LogP contribution is -2.37. The van der Waals surface area contributed by atoms with Crippen molar-refractivity contribution >= 4 is 33.5 Å². The van der Waals surface area contributed by atoms with Crippen molar-refractivity contribution in [1.29, 1.82) is 0 Å². The van der Waals surface area contributed by atoms with Crippen LogP contribution < -0.4 is 0 Å². The standard InChI is InChI=1S/C31H20O6/c1-15-23-19-13-14-21(29(34)36-2)28(33)26(19)31(25(23)17-9-3-4-10-18(17)27(15)32)22-12-6-8-16-7-5-11-20(24(16)22)30(35)37-31/h3-14,32-33H,1-2H3. The van der Waals surface area contributed by atoms with Gasteiger partial charge in [0.05, 0.1) is 18.2 Å². The number of aromatic hydroxyl groups is 2. The molecular weight excluding hydrogens is 468 g/mol. The first-order valence-electron chi connectivity index (χ1n) is 11.9. The van der Waals surface area contributed by atoms with E-state index >= 15 is 0 Å². The van der Waals surface area contributed by atoms with E-state index in [1.807, 2.05) is 54.6 Å². The summed E-state index contributed by atoms with van der Waals surface area (Å²) in [7, 11) is 1.24. The summed E-state index contributed by atoms with van der Waals surface area (Å²) in [6.45, 7) is 1.80. The number of fused-ring (bicyclic) bond motifs is 8. The number of hydrogen-bond acceptors (Lipinski definition) is 6. The van der Waals surface area contributed by atoms with E-state index in [9.17, 15) is 19.8 Å². The van der Waals surface area contributed by atoms with Gasteiger partial charge in [0.1, 0.15) is 17.1 Å². The highest BCUT2D eigenvalue weighted by Crippen LogP contribution is 2.63. The van der Waals surface area contributed by atoms with Crippen molar-refractivity contribution in [1.82, 2.24) is 0 Å². The Bertz CT molecular complexity index is 1860. The molecule has 2 N–H and O–H groups in total. The van der Waals surface area contributed by atoms with Gasteiger partial charge in [0.15, 0.2) is 5.60 Å². The Morgan fingerprint density at radius 1 is 0.838 bits per heavy atom. The number of ether oxygens (including phenoxy) is 2. The first-order valence-corrected chi connectivity index (χ1v) is 11.9. The summed E-state index contributed by atoms with van der Waals surface area (Å²) in [5.74, 6) is -1.47. The summed E-state index contributed by atoms with van der Waals surface area (Å²) in [6.07, 6.45) is 0. The molecule has 0 radical (unpaired) electrons. The maximum Gasteiger partial charge on any atom is 0.341 e. The van der Waals surface area contributed by atoms with Crippen molar-refractivity contribution in [3.63, 3.8) is 0 Å². The zero-order valence-corrected chi connectivity index (χ0v) is 20.0. The number of esters is 2. The van der Waals surface area contributed by atoms with Crippen LogP contribution in [0.15, 0.2) is 72.8 Å². The van der Waals surface area contributed by atoms with Gasteiger partial charge in [-0.25, -0.2) is 9.59 Å². The third kappa shape index (κ3) is 2.44. The van der Waals surface area contributed by atoms with Crippen LogP contribution in [0, 0.1) is 6.92 Å². The van der Waals surface area contributed by atoms with Crippen LogP contribution in [0.25, 0.3) is 32.7 Å². The van der Waals surface area contributed by atoms with Crippen molar-refractivity contribution in [3.8, 4) is 22.6 Å². The van der Waals surface area contributed by atoms with Crippen LogP contribution in [-0.2, 0) is 15.1 Å². The van der Waals surface area contributed by atoms with Crippen LogP contribution in [-0.4, -0.2) is 29.3 Å². The van der Waals surface area contributed by atoms with Crippen molar-refractivity contribution < 1.29 is 29.3 Å². The number of rotatable bonds is 1. The molecule has 37 heavy (non-hydrogen) atoms. The minimum atomic E-state index is -1.57. The zero-order chi connectivity index (χ0) is 25.6. The van der Waals surface area contributed by atoms with Crippen molar-refractivity contribution in [2.75, 3.05) is 7.11 Å². The monoisotopic (exact) mass is 488 g/mol. The SMILES string of the molecule is COC(=O)c1ccc2c(c1O)C1(OC(=O)c3cccc4cccc1c34)c1c-2c(C)c(O)c2ccccc12. The van der Waals surface area contributed by atoms with E-state index < -0.39 is 17.5 Å². The lowest BCUT2D eigenvalue weighted by Gasteiger charge is -2.38. The maximum absolute atomic E-state index is 13.7. The third-order valence-electron chi connectivity index (χ3n) is 7.74. The van der Waals surface area contributed by atoms with Crippen LogP contribution >= 0.6 is 0 Å². The molecular formula is C31H20O6. The van der Waals surface area contributed by atoms with Crippen molar-refractivity contribution in [3.05, 3.63) is 106 Å². The highest BCUT2D eigenvalue weighted by Gasteiger charge is 2.55. The zero-order valence-electron chi connectivity index (χ0n) is 20.0. The van der Waals surface area contributed by atoms with Crippen molar-refractivity contribution in [2.24, 2.45) is 0 Å². The molecule has 1 aliphatic carbocycles. The molecule has 5 aromatic carbocycles. The predicted molar refractivity (Wildman–Crippen MR) is 138 cm³/mol. The molecule has 180 valence electrons. The topological polar surface area (TPSA) is 93.1 Å². The molecule has 0 saturated heterocycles. The van der Waals surface area contributed by atoms with Gasteiger partial charge in [0, 0.05) is 21.9 Å². The van der Waals surface area contributed by atoms with Gasteiger partial charge in [-0.1, -0.05) is 60.7 Å². The Morgan fingerprint density at radius 3 is 2.32 bits per heavy atom. The minimum absolute atomic E-state index is 0.0401. The highest BCUT2D eigenvalue weighted by molar-refractivity contribution is 6.13. The maximum atomic E-state index is 13.7. The van der Waals surface area contributed by atoms with Gasteiger partial charge < -0.3 is 19.7 Å². The number of phenols is 2. The van der Waals surface area contributed by atoms with E-state index in [4.69, 9.17) is 9.47 Å². The smallest absolute Gasteiger partial charge is 0.341 e. The van der Waals surface area contributed by atoms with Crippen LogP contribution in [0.1, 0.15) is 43.0 Å². The fourth-order valence-corrected chi connectivity index (χ4v) is 6.23. The number of benzene rings is 5. The second-order valence-electron chi connectivity index (χ2n) is 9.43. The molecule has 2 aliphatic rings. The van der Waals surface area contributed by atoms with Crippen LogP contribution in [0.3, 0.4) is 0 Å². The molecule has 0 saturated carbocycles. The predicted octanol–water partition coefficient (Wildman–Crippen LogP) is 5.94. The van der Waals surface area contributed by atoms with Crippen LogP contribution in [0.4, 0.5) is 0 Å². The Balaban J connectivity index is 1.77. The summed E-state index contributed by atoms with van der Waals surface area (Å²) in [6, 6.07) is 21.7. The van der Waals surface area contributed by atoms with Gasteiger partial charge >= 0.3 is 11.9 Å².